The van der Waals surface area contributed by atoms with Crippen molar-refractivity contribution in [2.45, 2.75) is 90.9 Å². The molecule has 172 valence electrons. The fourth-order valence-corrected chi connectivity index (χ4v) is 3.61. The molecule has 2 aromatic carbocycles. The second kappa shape index (κ2) is 17.1. The van der Waals surface area contributed by atoms with Crippen LogP contribution in [0.1, 0.15) is 108 Å². The van der Waals surface area contributed by atoms with E-state index in [-0.39, 0.29) is 0 Å². The number of hydrogen-bond donors (Lipinski definition) is 0. The third-order valence-corrected chi connectivity index (χ3v) is 5.67. The van der Waals surface area contributed by atoms with Crippen molar-refractivity contribution >= 4 is 6.08 Å². The molecule has 0 saturated heterocycles. The van der Waals surface area contributed by atoms with Crippen LogP contribution in [-0.2, 0) is 0 Å². The number of rotatable bonds is 15. The van der Waals surface area contributed by atoms with Gasteiger partial charge >= 0.3 is 0 Å². The van der Waals surface area contributed by atoms with Crippen molar-refractivity contribution in [1.29, 1.82) is 0 Å². The summed E-state index contributed by atoms with van der Waals surface area (Å²) in [5.74, 6) is 7.46. The summed E-state index contributed by atoms with van der Waals surface area (Å²) in [6, 6.07) is 16.6. The van der Waals surface area contributed by atoms with E-state index in [1.54, 1.807) is 0 Å². The van der Waals surface area contributed by atoms with Crippen LogP contribution in [0, 0.1) is 11.8 Å². The molecule has 0 unspecified atom stereocenters. The van der Waals surface area contributed by atoms with Crippen molar-refractivity contribution in [3.05, 3.63) is 71.3 Å². The Hall–Kier alpha value is -2.46. The van der Waals surface area contributed by atoms with Crippen LogP contribution in [0.25, 0.3) is 6.08 Å². The molecule has 0 bridgehead atoms. The highest BCUT2D eigenvalue weighted by Gasteiger charge is 1.95. The highest BCUT2D eigenvalue weighted by atomic mass is 16.5. The lowest BCUT2D eigenvalue weighted by Crippen LogP contribution is -1.97. The first-order chi connectivity index (χ1) is 15.8. The van der Waals surface area contributed by atoms with Gasteiger partial charge in [-0.2, -0.15) is 0 Å². The average molecular weight is 431 g/mol. The molecule has 2 rings (SSSR count). The maximum atomic E-state index is 5.85. The summed E-state index contributed by atoms with van der Waals surface area (Å²) < 4.78 is 5.85. The second-order valence-corrected chi connectivity index (χ2v) is 8.62. The molecule has 0 heterocycles. The van der Waals surface area contributed by atoms with Crippen LogP contribution in [0.5, 0.6) is 5.75 Å². The van der Waals surface area contributed by atoms with Crippen LogP contribution in [0.2, 0.25) is 0 Å². The van der Waals surface area contributed by atoms with Crippen molar-refractivity contribution in [1.82, 2.24) is 0 Å². The Bertz CT molecular complexity index is 802. The number of unbranched alkanes of at least 4 members (excludes halogenated alkanes) is 10. The standard InChI is InChI=1S/C31H42O/c1-3-5-7-9-11-12-14-16-28-17-19-29(20-18-28)21-22-30-23-25-31(26-24-30)32-27-15-13-10-8-6-4-2/h14,16-20,23-26H,3-13,15,27H2,1-2H3/b16-14+. The number of hydrogen-bond acceptors (Lipinski definition) is 1. The quantitative estimate of drug-likeness (QED) is 0.202. The molecule has 0 fully saturated rings. The van der Waals surface area contributed by atoms with E-state index < -0.39 is 0 Å². The third kappa shape index (κ3) is 11.8. The maximum absolute atomic E-state index is 5.85. The lowest BCUT2D eigenvalue weighted by Gasteiger charge is -2.06. The van der Waals surface area contributed by atoms with Gasteiger partial charge in [-0.1, -0.05) is 108 Å². The fourth-order valence-electron chi connectivity index (χ4n) is 3.61. The fraction of sp³-hybridized carbons (Fsp3) is 0.484. The van der Waals surface area contributed by atoms with Crippen molar-refractivity contribution in [3.63, 3.8) is 0 Å². The molecule has 0 atom stereocenters. The molecule has 0 aromatic heterocycles. The molecule has 0 saturated carbocycles. The Labute approximate surface area is 197 Å². The summed E-state index contributed by atoms with van der Waals surface area (Å²) in [6.45, 7) is 5.32. The molecule has 0 aliphatic carbocycles. The van der Waals surface area contributed by atoms with Crippen molar-refractivity contribution in [2.24, 2.45) is 0 Å². The van der Waals surface area contributed by atoms with Crippen molar-refractivity contribution in [3.8, 4) is 17.6 Å². The van der Waals surface area contributed by atoms with Gasteiger partial charge in [-0.25, -0.2) is 0 Å². The molecule has 1 nitrogen and oxygen atoms in total. The predicted octanol–water partition coefficient (Wildman–Crippen LogP) is 9.20. The van der Waals surface area contributed by atoms with Gasteiger partial charge in [0.25, 0.3) is 0 Å². The van der Waals surface area contributed by atoms with Gasteiger partial charge in [0.1, 0.15) is 5.75 Å². The Kier molecular flexibility index (Phi) is 13.8. The van der Waals surface area contributed by atoms with Gasteiger partial charge < -0.3 is 4.74 Å². The van der Waals surface area contributed by atoms with E-state index in [4.69, 9.17) is 4.74 Å². The van der Waals surface area contributed by atoms with Gasteiger partial charge in [-0.15, -0.1) is 0 Å². The summed E-state index contributed by atoms with van der Waals surface area (Å²) in [7, 11) is 0. The van der Waals surface area contributed by atoms with Crippen molar-refractivity contribution in [2.75, 3.05) is 6.61 Å². The molecular formula is C31H42O. The van der Waals surface area contributed by atoms with Gasteiger partial charge in [0.05, 0.1) is 6.61 Å². The monoisotopic (exact) mass is 430 g/mol. The van der Waals surface area contributed by atoms with E-state index in [1.165, 1.54) is 76.2 Å². The van der Waals surface area contributed by atoms with Gasteiger partial charge in [-0.3, -0.25) is 0 Å². The Morgan fingerprint density at radius 1 is 0.625 bits per heavy atom. The summed E-state index contributed by atoms with van der Waals surface area (Å²) in [4.78, 5) is 0. The second-order valence-electron chi connectivity index (χ2n) is 8.62. The Morgan fingerprint density at radius 3 is 1.78 bits per heavy atom. The van der Waals surface area contributed by atoms with E-state index >= 15 is 0 Å². The lowest BCUT2D eigenvalue weighted by atomic mass is 10.1. The van der Waals surface area contributed by atoms with E-state index in [0.717, 1.165) is 29.9 Å². The molecule has 2 aromatic rings. The number of allylic oxidation sites excluding steroid dienone is 1. The molecule has 0 aliphatic rings. The SMILES string of the molecule is CCCCCCC/C=C/c1ccc(C#Cc2ccc(OCCCCCCCC)cc2)cc1. The van der Waals surface area contributed by atoms with Crippen LogP contribution in [-0.4, -0.2) is 6.61 Å². The summed E-state index contributed by atoms with van der Waals surface area (Å²) in [5, 5.41) is 0. The largest absolute Gasteiger partial charge is 0.494 e. The molecule has 0 spiro atoms. The minimum absolute atomic E-state index is 0.802. The average Bonchev–Trinajstić information content (AvgIpc) is 2.83. The molecule has 0 radical (unpaired) electrons. The van der Waals surface area contributed by atoms with E-state index in [2.05, 4.69) is 62.1 Å². The molecule has 1 heteroatoms. The molecule has 0 amide bonds. The van der Waals surface area contributed by atoms with Gasteiger partial charge in [0.15, 0.2) is 0 Å². The maximum Gasteiger partial charge on any atom is 0.119 e. The van der Waals surface area contributed by atoms with Crippen LogP contribution >= 0.6 is 0 Å². The first kappa shape index (κ1) is 25.8. The number of benzene rings is 2. The summed E-state index contributed by atoms with van der Waals surface area (Å²) in [6.07, 6.45) is 20.1. The first-order valence-electron chi connectivity index (χ1n) is 12.8. The lowest BCUT2D eigenvalue weighted by molar-refractivity contribution is 0.304. The Morgan fingerprint density at radius 2 is 1.16 bits per heavy atom. The topological polar surface area (TPSA) is 9.23 Å². The minimum Gasteiger partial charge on any atom is -0.494 e. The van der Waals surface area contributed by atoms with Crippen LogP contribution < -0.4 is 4.74 Å². The molecule has 32 heavy (non-hydrogen) atoms. The van der Waals surface area contributed by atoms with Crippen molar-refractivity contribution < 1.29 is 4.74 Å². The number of ether oxygens (including phenoxy) is 1. The zero-order valence-electron chi connectivity index (χ0n) is 20.4. The molecule has 0 N–H and O–H groups in total. The normalized spacial score (nSPS) is 10.8. The summed E-state index contributed by atoms with van der Waals surface area (Å²) >= 11 is 0. The van der Waals surface area contributed by atoms with E-state index in [0.29, 0.717) is 0 Å². The van der Waals surface area contributed by atoms with E-state index in [1.807, 2.05) is 24.3 Å². The van der Waals surface area contributed by atoms with Crippen LogP contribution in [0.4, 0.5) is 0 Å². The third-order valence-electron chi connectivity index (χ3n) is 5.67. The molecular weight excluding hydrogens is 388 g/mol. The predicted molar refractivity (Wildman–Crippen MR) is 140 cm³/mol. The first-order valence-corrected chi connectivity index (χ1v) is 12.8. The zero-order chi connectivity index (χ0) is 22.7. The van der Waals surface area contributed by atoms with E-state index in [9.17, 15) is 0 Å². The van der Waals surface area contributed by atoms with Gasteiger partial charge in [-0.05, 0) is 61.2 Å². The van der Waals surface area contributed by atoms with Gasteiger partial charge in [0, 0.05) is 11.1 Å². The van der Waals surface area contributed by atoms with Crippen LogP contribution in [0.3, 0.4) is 0 Å². The van der Waals surface area contributed by atoms with Gasteiger partial charge in [0.2, 0.25) is 0 Å². The highest BCUT2D eigenvalue weighted by Crippen LogP contribution is 2.14. The smallest absolute Gasteiger partial charge is 0.119 e. The molecule has 0 aliphatic heterocycles. The summed E-state index contributed by atoms with van der Waals surface area (Å²) in [5.41, 5.74) is 3.31. The minimum atomic E-state index is 0.802. The Balaban J connectivity index is 1.70. The zero-order valence-corrected chi connectivity index (χ0v) is 20.4. The highest BCUT2D eigenvalue weighted by molar-refractivity contribution is 5.52. The van der Waals surface area contributed by atoms with Crippen LogP contribution in [0.15, 0.2) is 54.6 Å².